The van der Waals surface area contributed by atoms with E-state index in [9.17, 15) is 4.79 Å². The Morgan fingerprint density at radius 1 is 1.04 bits per heavy atom. The van der Waals surface area contributed by atoms with Gasteiger partial charge in [0.05, 0.1) is 13.2 Å². The first-order valence-electron chi connectivity index (χ1n) is 7.67. The summed E-state index contributed by atoms with van der Waals surface area (Å²) in [7, 11) is 0. The molecule has 0 spiro atoms. The molecule has 24 heavy (non-hydrogen) atoms. The Morgan fingerprint density at radius 2 is 1.58 bits per heavy atom. The minimum Gasteiger partial charge on any atom is -0.494 e. The summed E-state index contributed by atoms with van der Waals surface area (Å²) >= 11 is 5.83. The predicted octanol–water partition coefficient (Wildman–Crippen LogP) is 3.79. The number of hydrogen-bond acceptors (Lipinski definition) is 5. The van der Waals surface area contributed by atoms with E-state index in [1.807, 2.05) is 0 Å². The van der Waals surface area contributed by atoms with Crippen LogP contribution in [-0.4, -0.2) is 25.2 Å². The first-order chi connectivity index (χ1) is 11.6. The van der Waals surface area contributed by atoms with Crippen LogP contribution in [0.25, 0.3) is 0 Å². The molecule has 0 saturated carbocycles. The Labute approximate surface area is 146 Å². The lowest BCUT2D eigenvalue weighted by atomic mass is 10.2. The average molecular weight is 350 g/mol. The summed E-state index contributed by atoms with van der Waals surface area (Å²) in [6.45, 7) is 2.40. The number of carbonyl (C=O) groups excluding carboxylic acids is 1. The van der Waals surface area contributed by atoms with Crippen molar-refractivity contribution in [2.75, 3.05) is 13.2 Å². The molecule has 6 heteroatoms. The Balaban J connectivity index is 1.79. The molecule has 0 aliphatic rings. The van der Waals surface area contributed by atoms with Crippen LogP contribution in [0, 0.1) is 0 Å². The van der Waals surface area contributed by atoms with Gasteiger partial charge in [-0.15, -0.1) is 0 Å². The number of halogens is 1. The molecule has 2 N–H and O–H groups in total. The van der Waals surface area contributed by atoms with Gasteiger partial charge in [-0.1, -0.05) is 11.6 Å². The number of ether oxygens (including phenoxy) is 3. The van der Waals surface area contributed by atoms with Crippen LogP contribution in [-0.2, 0) is 9.53 Å². The van der Waals surface area contributed by atoms with Crippen molar-refractivity contribution in [1.82, 2.24) is 0 Å². The molecule has 0 aliphatic carbocycles. The Bertz CT molecular complexity index is 643. The van der Waals surface area contributed by atoms with Crippen LogP contribution in [0.3, 0.4) is 0 Å². The second-order valence-electron chi connectivity index (χ2n) is 5.02. The fourth-order valence-corrected chi connectivity index (χ4v) is 2.04. The maximum Gasteiger partial charge on any atom is 0.323 e. The van der Waals surface area contributed by atoms with Gasteiger partial charge in [0.15, 0.2) is 0 Å². The standard InChI is InChI=1S/C18H20ClNO4/c1-2-22-18(21)17(20)11-12-23-14-7-9-16(10-8-14)24-15-5-3-13(19)4-6-15/h3-10,17H,2,11-12,20H2,1H3. The quantitative estimate of drug-likeness (QED) is 0.734. The van der Waals surface area contributed by atoms with Gasteiger partial charge in [-0.25, -0.2) is 0 Å². The van der Waals surface area contributed by atoms with E-state index in [0.717, 1.165) is 0 Å². The normalized spacial score (nSPS) is 11.6. The molecule has 0 amide bonds. The summed E-state index contributed by atoms with van der Waals surface area (Å²) < 4.78 is 16.1. The third-order valence-corrected chi connectivity index (χ3v) is 3.41. The molecule has 2 aromatic rings. The van der Waals surface area contributed by atoms with Crippen LogP contribution in [0.1, 0.15) is 13.3 Å². The van der Waals surface area contributed by atoms with Gasteiger partial charge in [0.2, 0.25) is 0 Å². The number of benzene rings is 2. The highest BCUT2D eigenvalue weighted by Crippen LogP contribution is 2.25. The largest absolute Gasteiger partial charge is 0.494 e. The van der Waals surface area contributed by atoms with Gasteiger partial charge in [-0.3, -0.25) is 4.79 Å². The maximum absolute atomic E-state index is 11.4. The van der Waals surface area contributed by atoms with E-state index >= 15 is 0 Å². The molecule has 0 saturated heterocycles. The van der Waals surface area contributed by atoms with Crippen LogP contribution in [0.5, 0.6) is 17.2 Å². The summed E-state index contributed by atoms with van der Waals surface area (Å²) in [5.41, 5.74) is 5.70. The van der Waals surface area contributed by atoms with Gasteiger partial charge in [-0.2, -0.15) is 0 Å². The fraction of sp³-hybridized carbons (Fsp3) is 0.278. The SMILES string of the molecule is CCOC(=O)C(N)CCOc1ccc(Oc2ccc(Cl)cc2)cc1. The lowest BCUT2D eigenvalue weighted by Crippen LogP contribution is -2.33. The molecule has 1 unspecified atom stereocenters. The summed E-state index contributed by atoms with van der Waals surface area (Å²) in [5.74, 6) is 1.66. The zero-order valence-electron chi connectivity index (χ0n) is 13.4. The molecule has 5 nitrogen and oxygen atoms in total. The molecule has 2 aromatic carbocycles. The van der Waals surface area contributed by atoms with Crippen molar-refractivity contribution in [1.29, 1.82) is 0 Å². The summed E-state index contributed by atoms with van der Waals surface area (Å²) in [5, 5.41) is 0.659. The molecule has 0 fully saturated rings. The highest BCUT2D eigenvalue weighted by molar-refractivity contribution is 6.30. The Hall–Kier alpha value is -2.24. The lowest BCUT2D eigenvalue weighted by Gasteiger charge is -2.12. The minimum atomic E-state index is -0.669. The van der Waals surface area contributed by atoms with Gasteiger partial charge in [0, 0.05) is 11.4 Å². The van der Waals surface area contributed by atoms with Crippen LogP contribution in [0.15, 0.2) is 48.5 Å². The number of esters is 1. The van der Waals surface area contributed by atoms with Gasteiger partial charge >= 0.3 is 5.97 Å². The van der Waals surface area contributed by atoms with E-state index < -0.39 is 12.0 Å². The van der Waals surface area contributed by atoms with E-state index in [1.54, 1.807) is 55.5 Å². The van der Waals surface area contributed by atoms with Crippen molar-refractivity contribution in [2.45, 2.75) is 19.4 Å². The molecule has 0 aliphatic heterocycles. The number of nitrogens with two attached hydrogens (primary N) is 1. The third kappa shape index (κ3) is 5.76. The Kier molecular flexibility index (Phi) is 6.90. The molecule has 0 heterocycles. The maximum atomic E-state index is 11.4. The molecular weight excluding hydrogens is 330 g/mol. The average Bonchev–Trinajstić information content (AvgIpc) is 2.58. The van der Waals surface area contributed by atoms with Gasteiger partial charge in [-0.05, 0) is 55.5 Å². The molecule has 0 bridgehead atoms. The number of hydrogen-bond donors (Lipinski definition) is 1. The van der Waals surface area contributed by atoms with Crippen molar-refractivity contribution in [3.05, 3.63) is 53.6 Å². The topological polar surface area (TPSA) is 70.8 Å². The first-order valence-corrected chi connectivity index (χ1v) is 8.05. The van der Waals surface area contributed by atoms with Crippen LogP contribution in [0.4, 0.5) is 0 Å². The van der Waals surface area contributed by atoms with Crippen LogP contribution < -0.4 is 15.2 Å². The molecule has 0 aromatic heterocycles. The summed E-state index contributed by atoms with van der Waals surface area (Å²) in [6.07, 6.45) is 0.391. The van der Waals surface area contributed by atoms with Gasteiger partial charge in [0.1, 0.15) is 23.3 Å². The molecule has 2 rings (SSSR count). The van der Waals surface area contributed by atoms with E-state index in [-0.39, 0.29) is 0 Å². The second-order valence-corrected chi connectivity index (χ2v) is 5.46. The predicted molar refractivity (Wildman–Crippen MR) is 92.7 cm³/mol. The summed E-state index contributed by atoms with van der Waals surface area (Å²) in [6, 6.07) is 13.6. The molecule has 0 radical (unpaired) electrons. The Morgan fingerprint density at radius 3 is 2.17 bits per heavy atom. The highest BCUT2D eigenvalue weighted by atomic mass is 35.5. The highest BCUT2D eigenvalue weighted by Gasteiger charge is 2.14. The van der Waals surface area contributed by atoms with E-state index in [2.05, 4.69) is 0 Å². The van der Waals surface area contributed by atoms with E-state index in [4.69, 9.17) is 31.5 Å². The van der Waals surface area contributed by atoms with Crippen molar-refractivity contribution >= 4 is 17.6 Å². The molecular formula is C18H20ClNO4. The first kappa shape index (κ1) is 18.1. The van der Waals surface area contributed by atoms with Crippen molar-refractivity contribution < 1.29 is 19.0 Å². The number of carbonyl (C=O) groups is 1. The van der Waals surface area contributed by atoms with Crippen molar-refractivity contribution in [3.63, 3.8) is 0 Å². The smallest absolute Gasteiger partial charge is 0.323 e. The van der Waals surface area contributed by atoms with Crippen LogP contribution >= 0.6 is 11.6 Å². The van der Waals surface area contributed by atoms with Crippen molar-refractivity contribution in [2.24, 2.45) is 5.73 Å². The minimum absolute atomic E-state index is 0.322. The molecule has 1 atom stereocenters. The monoisotopic (exact) mass is 349 g/mol. The van der Waals surface area contributed by atoms with E-state index in [0.29, 0.717) is 41.9 Å². The summed E-state index contributed by atoms with van der Waals surface area (Å²) in [4.78, 5) is 11.4. The van der Waals surface area contributed by atoms with Gasteiger partial charge < -0.3 is 19.9 Å². The number of rotatable bonds is 8. The van der Waals surface area contributed by atoms with Crippen LogP contribution in [0.2, 0.25) is 5.02 Å². The van der Waals surface area contributed by atoms with Crippen molar-refractivity contribution in [3.8, 4) is 17.2 Å². The fourth-order valence-electron chi connectivity index (χ4n) is 1.91. The zero-order valence-corrected chi connectivity index (χ0v) is 14.2. The molecule has 128 valence electrons. The zero-order chi connectivity index (χ0) is 17.4. The third-order valence-electron chi connectivity index (χ3n) is 3.16. The van der Waals surface area contributed by atoms with E-state index in [1.165, 1.54) is 0 Å². The van der Waals surface area contributed by atoms with Gasteiger partial charge in [0.25, 0.3) is 0 Å². The second kappa shape index (κ2) is 9.15. The lowest BCUT2D eigenvalue weighted by molar-refractivity contribution is -0.145.